The Morgan fingerprint density at radius 3 is 1.92 bits per heavy atom. The van der Waals surface area contributed by atoms with E-state index in [1.165, 1.54) is 44.2 Å². The Kier molecular flexibility index (Phi) is 3.91. The topological polar surface area (TPSA) is 42.5 Å². The third-order valence-electron chi connectivity index (χ3n) is 8.71. The molecule has 1 aromatic heterocycles. The van der Waals surface area contributed by atoms with Gasteiger partial charge in [-0.25, -0.2) is 15.0 Å². The Balaban J connectivity index is 1.51. The minimum Gasteiger partial charge on any atom is -0.283 e. The molecule has 1 spiro atoms. The van der Waals surface area contributed by atoms with Gasteiger partial charge in [-0.2, -0.15) is 0 Å². The molecule has 0 saturated heterocycles. The second-order valence-corrected chi connectivity index (χ2v) is 10.8. The van der Waals surface area contributed by atoms with Crippen LogP contribution >= 0.6 is 0 Å². The number of rotatable bonds is 0. The van der Waals surface area contributed by atoms with E-state index in [4.69, 9.17) is 15.0 Å². The normalized spacial score (nSPS) is 16.1. The largest absolute Gasteiger partial charge is 0.283 e. The van der Waals surface area contributed by atoms with Crippen LogP contribution in [0.5, 0.6) is 0 Å². The molecule has 5 aromatic carbocycles. The second-order valence-electron chi connectivity index (χ2n) is 10.8. The number of imidazole rings is 1. The van der Waals surface area contributed by atoms with Gasteiger partial charge in [-0.15, -0.1) is 0 Å². The number of hydrogen-bond acceptors (Lipinski definition) is 3. The fourth-order valence-electron chi connectivity index (χ4n) is 6.85. The molecule has 0 aliphatic carbocycles. The van der Waals surface area contributed by atoms with Crippen LogP contribution in [0, 0.1) is 0 Å². The van der Waals surface area contributed by atoms with Crippen LogP contribution in [0.4, 0.5) is 0 Å². The van der Waals surface area contributed by atoms with Gasteiger partial charge in [0.2, 0.25) is 0 Å². The Morgan fingerprint density at radius 2 is 1.21 bits per heavy atom. The summed E-state index contributed by atoms with van der Waals surface area (Å²) in [5, 5.41) is 6.67. The number of benzene rings is 5. The van der Waals surface area contributed by atoms with Crippen molar-refractivity contribution in [3.63, 3.8) is 0 Å². The Morgan fingerprint density at radius 1 is 0.605 bits per heavy atom. The van der Waals surface area contributed by atoms with Gasteiger partial charge >= 0.3 is 0 Å². The highest BCUT2D eigenvalue weighted by Crippen LogP contribution is 2.41. The molecule has 3 aliphatic heterocycles. The lowest BCUT2D eigenvalue weighted by molar-refractivity contribution is 0.389. The number of hydrogen-bond donors (Lipinski definition) is 0. The summed E-state index contributed by atoms with van der Waals surface area (Å²) < 4.78 is 2.23. The zero-order valence-electron chi connectivity index (χ0n) is 20.9. The van der Waals surface area contributed by atoms with Crippen molar-refractivity contribution in [1.29, 1.82) is 0 Å². The second kappa shape index (κ2) is 7.26. The van der Waals surface area contributed by atoms with Gasteiger partial charge in [0.05, 0.1) is 10.7 Å². The molecule has 0 saturated carbocycles. The lowest BCUT2D eigenvalue weighted by atomic mass is 9.90. The molecule has 180 valence electrons. The van der Waals surface area contributed by atoms with Crippen molar-refractivity contribution >= 4 is 21.5 Å². The van der Waals surface area contributed by atoms with Crippen LogP contribution < -0.4 is 10.7 Å². The molecule has 4 heteroatoms. The van der Waals surface area contributed by atoms with Crippen molar-refractivity contribution in [3.8, 4) is 11.4 Å². The molecule has 4 bridgehead atoms. The maximum Gasteiger partial charge on any atom is 0.261 e. The molecule has 4 nitrogen and oxygen atoms in total. The molecule has 0 atom stereocenters. The average Bonchev–Trinajstić information content (AvgIpc) is 3.61. The van der Waals surface area contributed by atoms with Crippen molar-refractivity contribution in [2.75, 3.05) is 0 Å². The highest BCUT2D eigenvalue weighted by molar-refractivity contribution is 6.07. The summed E-state index contributed by atoms with van der Waals surface area (Å²) in [6, 6.07) is 31.2. The van der Waals surface area contributed by atoms with Crippen molar-refractivity contribution in [3.05, 3.63) is 136 Å². The van der Waals surface area contributed by atoms with E-state index in [9.17, 15) is 0 Å². The van der Waals surface area contributed by atoms with Gasteiger partial charge in [0.25, 0.3) is 5.79 Å². The summed E-state index contributed by atoms with van der Waals surface area (Å²) in [4.78, 5) is 16.2. The smallest absolute Gasteiger partial charge is 0.261 e. The van der Waals surface area contributed by atoms with Gasteiger partial charge in [-0.05, 0) is 70.8 Å². The summed E-state index contributed by atoms with van der Waals surface area (Å²) >= 11 is 0. The van der Waals surface area contributed by atoms with Crippen molar-refractivity contribution in [2.24, 2.45) is 9.98 Å². The Hall–Kier alpha value is -4.57. The number of aromatic nitrogens is 2. The summed E-state index contributed by atoms with van der Waals surface area (Å²) in [7, 11) is 0. The third kappa shape index (κ3) is 2.62. The first-order chi connectivity index (χ1) is 18.8. The van der Waals surface area contributed by atoms with Crippen LogP contribution in [0.15, 0.2) is 107 Å². The lowest BCUT2D eigenvalue weighted by Crippen LogP contribution is -2.32. The van der Waals surface area contributed by atoms with Gasteiger partial charge in [0.15, 0.2) is 0 Å². The van der Waals surface area contributed by atoms with Crippen molar-refractivity contribution in [1.82, 2.24) is 9.55 Å². The summed E-state index contributed by atoms with van der Waals surface area (Å²) in [5.74, 6) is -0.00937. The molecule has 0 radical (unpaired) electrons. The molecule has 4 heterocycles. The molecular weight excluding hydrogens is 464 g/mol. The molecule has 3 aliphatic rings. The van der Waals surface area contributed by atoms with E-state index in [-0.39, 0.29) is 0 Å². The standard InChI is InChI=1S/C34H24N4/c1-3-7-27-25(5-1)26-6-2-4-8-28(26)32-31(27)36-34(37-32)30-20-22-10-9-21-11-13-23(15-16-24(30)14-12-22)29(19-21)33-35-17-18-38(33)34/h1-8,11-14,17-20H,9-10,15-16H2. The summed E-state index contributed by atoms with van der Waals surface area (Å²) in [6.45, 7) is 0. The molecule has 0 fully saturated rings. The zero-order valence-corrected chi connectivity index (χ0v) is 20.9. The quantitative estimate of drug-likeness (QED) is 0.254. The van der Waals surface area contributed by atoms with Gasteiger partial charge in [0.1, 0.15) is 5.82 Å². The van der Waals surface area contributed by atoms with E-state index < -0.39 is 5.79 Å². The maximum atomic E-state index is 5.64. The van der Waals surface area contributed by atoms with E-state index in [1.54, 1.807) is 0 Å². The summed E-state index contributed by atoms with van der Waals surface area (Å²) in [6.07, 6.45) is 7.89. The Labute approximate surface area is 219 Å². The third-order valence-corrected chi connectivity index (χ3v) is 8.71. The Bertz CT molecular complexity index is 2030. The molecule has 0 amide bonds. The van der Waals surface area contributed by atoms with Crippen LogP contribution in [0.1, 0.15) is 27.8 Å². The van der Waals surface area contributed by atoms with Crippen LogP contribution in [-0.4, -0.2) is 9.55 Å². The average molecular weight is 489 g/mol. The molecule has 38 heavy (non-hydrogen) atoms. The molecule has 6 aromatic rings. The molecule has 0 unspecified atom stereocenters. The number of aryl methyl sites for hydroxylation is 4. The number of nitrogens with zero attached hydrogens (tertiary/aromatic N) is 4. The fraction of sp³-hybridized carbons (Fsp3) is 0.147. The molecular formula is C34H24N4. The highest BCUT2D eigenvalue weighted by Gasteiger charge is 2.41. The SMILES string of the molecule is c1ccc2c(c1)c1c(c3ccccc32)=NC2(N=1)c1cc3ccc1CCc1ccc(cc1-c1nccn12)CC3. The van der Waals surface area contributed by atoms with Crippen LogP contribution in [0.3, 0.4) is 0 Å². The minimum atomic E-state index is -0.950. The minimum absolute atomic E-state index is 0.941. The van der Waals surface area contributed by atoms with Gasteiger partial charge in [0, 0.05) is 34.3 Å². The van der Waals surface area contributed by atoms with Crippen LogP contribution in [-0.2, 0) is 31.5 Å². The van der Waals surface area contributed by atoms with E-state index in [0.29, 0.717) is 0 Å². The van der Waals surface area contributed by atoms with Crippen molar-refractivity contribution in [2.45, 2.75) is 31.5 Å². The monoisotopic (exact) mass is 488 g/mol. The van der Waals surface area contributed by atoms with Crippen LogP contribution in [0.2, 0.25) is 0 Å². The van der Waals surface area contributed by atoms with E-state index >= 15 is 0 Å². The van der Waals surface area contributed by atoms with E-state index in [0.717, 1.165) is 53.0 Å². The van der Waals surface area contributed by atoms with Gasteiger partial charge in [-0.3, -0.25) is 4.57 Å². The van der Waals surface area contributed by atoms with E-state index in [2.05, 4.69) is 95.7 Å². The lowest BCUT2D eigenvalue weighted by Gasteiger charge is -2.29. The van der Waals surface area contributed by atoms with Crippen molar-refractivity contribution < 1.29 is 0 Å². The van der Waals surface area contributed by atoms with Crippen LogP contribution in [0.25, 0.3) is 32.9 Å². The first-order valence-electron chi connectivity index (χ1n) is 13.5. The van der Waals surface area contributed by atoms with Gasteiger partial charge < -0.3 is 0 Å². The highest BCUT2D eigenvalue weighted by atomic mass is 15.4. The first-order valence-corrected chi connectivity index (χ1v) is 13.5. The molecule has 9 rings (SSSR count). The number of fused-ring (bicyclic) bond motifs is 8. The fourth-order valence-corrected chi connectivity index (χ4v) is 6.85. The molecule has 0 N–H and O–H groups in total. The summed E-state index contributed by atoms with van der Waals surface area (Å²) in [5.41, 5.74) is 7.69. The zero-order chi connectivity index (χ0) is 24.8. The van der Waals surface area contributed by atoms with Gasteiger partial charge in [-0.1, -0.05) is 72.8 Å². The maximum absolute atomic E-state index is 5.64. The first kappa shape index (κ1) is 20.5. The predicted molar refractivity (Wildman–Crippen MR) is 150 cm³/mol. The van der Waals surface area contributed by atoms with E-state index in [1.807, 2.05) is 6.20 Å². The predicted octanol–water partition coefficient (Wildman–Crippen LogP) is 5.67.